The molecule has 4 heteroatoms. The SMILES string of the molecule is Clc1c(CN(CC2CCCN2)C2CC2)sc2ccccc12. The zero-order valence-corrected chi connectivity index (χ0v) is 13.7. The summed E-state index contributed by atoms with van der Waals surface area (Å²) < 4.78 is 1.31. The topological polar surface area (TPSA) is 15.3 Å². The molecule has 1 saturated carbocycles. The van der Waals surface area contributed by atoms with Gasteiger partial charge in [0.15, 0.2) is 0 Å². The standard InChI is InChI=1S/C17H21ClN2S/c18-17-14-5-1-2-6-15(14)21-16(17)11-20(13-7-8-13)10-12-4-3-9-19-12/h1-2,5-6,12-13,19H,3-4,7-11H2. The fraction of sp³-hybridized carbons (Fsp3) is 0.529. The Morgan fingerprint density at radius 2 is 2.10 bits per heavy atom. The second-order valence-corrected chi connectivity index (χ2v) is 7.80. The van der Waals surface area contributed by atoms with Crippen molar-refractivity contribution in [2.75, 3.05) is 13.1 Å². The lowest BCUT2D eigenvalue weighted by Gasteiger charge is -2.25. The Morgan fingerprint density at radius 3 is 2.81 bits per heavy atom. The van der Waals surface area contributed by atoms with Crippen LogP contribution in [0.15, 0.2) is 24.3 Å². The summed E-state index contributed by atoms with van der Waals surface area (Å²) in [6, 6.07) is 9.95. The van der Waals surface area contributed by atoms with Crippen molar-refractivity contribution >= 4 is 33.0 Å². The summed E-state index contributed by atoms with van der Waals surface area (Å²) in [5.41, 5.74) is 0. The van der Waals surface area contributed by atoms with Crippen molar-refractivity contribution in [3.63, 3.8) is 0 Å². The largest absolute Gasteiger partial charge is 0.313 e. The van der Waals surface area contributed by atoms with Crippen molar-refractivity contribution in [3.8, 4) is 0 Å². The third-order valence-electron chi connectivity index (χ3n) is 4.63. The minimum Gasteiger partial charge on any atom is -0.313 e. The molecule has 2 aromatic rings. The van der Waals surface area contributed by atoms with Crippen LogP contribution in [0.4, 0.5) is 0 Å². The lowest BCUT2D eigenvalue weighted by molar-refractivity contribution is 0.233. The molecule has 112 valence electrons. The maximum absolute atomic E-state index is 6.61. The maximum atomic E-state index is 6.61. The van der Waals surface area contributed by atoms with E-state index in [0.717, 1.165) is 17.6 Å². The van der Waals surface area contributed by atoms with Gasteiger partial charge in [-0.25, -0.2) is 0 Å². The number of fused-ring (bicyclic) bond motifs is 1. The highest BCUT2D eigenvalue weighted by molar-refractivity contribution is 7.19. The van der Waals surface area contributed by atoms with Crippen LogP contribution in [-0.4, -0.2) is 30.1 Å². The van der Waals surface area contributed by atoms with Crippen LogP contribution in [-0.2, 0) is 6.54 Å². The van der Waals surface area contributed by atoms with Crippen LogP contribution in [0.1, 0.15) is 30.6 Å². The molecule has 2 heterocycles. The molecule has 2 nitrogen and oxygen atoms in total. The second-order valence-electron chi connectivity index (χ2n) is 6.29. The first-order valence-corrected chi connectivity index (χ1v) is 9.14. The van der Waals surface area contributed by atoms with E-state index >= 15 is 0 Å². The van der Waals surface area contributed by atoms with Gasteiger partial charge < -0.3 is 5.32 Å². The van der Waals surface area contributed by atoms with Gasteiger partial charge in [0.25, 0.3) is 0 Å². The van der Waals surface area contributed by atoms with Gasteiger partial charge in [-0.2, -0.15) is 0 Å². The van der Waals surface area contributed by atoms with Crippen LogP contribution in [0.3, 0.4) is 0 Å². The summed E-state index contributed by atoms with van der Waals surface area (Å²) in [6.07, 6.45) is 5.36. The van der Waals surface area contributed by atoms with Crippen LogP contribution in [0.5, 0.6) is 0 Å². The average Bonchev–Trinajstić information content (AvgIpc) is 3.14. The van der Waals surface area contributed by atoms with Crippen LogP contribution in [0.2, 0.25) is 5.02 Å². The lowest BCUT2D eigenvalue weighted by atomic mass is 10.2. The number of rotatable bonds is 5. The molecular formula is C17H21ClN2S. The van der Waals surface area contributed by atoms with Crippen LogP contribution >= 0.6 is 22.9 Å². The van der Waals surface area contributed by atoms with Gasteiger partial charge in [0.2, 0.25) is 0 Å². The number of nitrogens with one attached hydrogen (secondary N) is 1. The number of thiophene rings is 1. The third kappa shape index (κ3) is 2.98. The molecule has 0 amide bonds. The smallest absolute Gasteiger partial charge is 0.0637 e. The first-order valence-electron chi connectivity index (χ1n) is 7.94. The monoisotopic (exact) mass is 320 g/mol. The normalized spacial score (nSPS) is 22.5. The molecule has 0 spiro atoms. The number of benzene rings is 1. The summed E-state index contributed by atoms with van der Waals surface area (Å²) >= 11 is 8.47. The highest BCUT2D eigenvalue weighted by Gasteiger charge is 2.32. The Kier molecular flexibility index (Phi) is 3.92. The third-order valence-corrected chi connectivity index (χ3v) is 6.33. The molecule has 4 rings (SSSR count). The van der Waals surface area contributed by atoms with E-state index in [2.05, 4.69) is 34.5 Å². The van der Waals surface area contributed by atoms with E-state index in [0.29, 0.717) is 6.04 Å². The zero-order valence-electron chi connectivity index (χ0n) is 12.1. The van der Waals surface area contributed by atoms with E-state index in [9.17, 15) is 0 Å². The first-order chi connectivity index (χ1) is 10.3. The summed E-state index contributed by atoms with van der Waals surface area (Å²) in [5, 5.41) is 5.81. The van der Waals surface area contributed by atoms with Gasteiger partial charge in [0.05, 0.1) is 5.02 Å². The highest BCUT2D eigenvalue weighted by atomic mass is 35.5. The maximum Gasteiger partial charge on any atom is 0.0637 e. The summed E-state index contributed by atoms with van der Waals surface area (Å²) in [5.74, 6) is 0. The number of nitrogens with zero attached hydrogens (tertiary/aromatic N) is 1. The molecular weight excluding hydrogens is 300 g/mol. The minimum atomic E-state index is 0.679. The van der Waals surface area contributed by atoms with Gasteiger partial charge >= 0.3 is 0 Å². The zero-order chi connectivity index (χ0) is 14.2. The van der Waals surface area contributed by atoms with Crippen LogP contribution in [0.25, 0.3) is 10.1 Å². The fourth-order valence-electron chi connectivity index (χ4n) is 3.33. The molecule has 1 N–H and O–H groups in total. The molecule has 0 bridgehead atoms. The lowest BCUT2D eigenvalue weighted by Crippen LogP contribution is -2.38. The van der Waals surface area contributed by atoms with Gasteiger partial charge in [-0.3, -0.25) is 4.90 Å². The number of halogens is 1. The van der Waals surface area contributed by atoms with Crippen molar-refractivity contribution in [1.29, 1.82) is 0 Å². The average molecular weight is 321 g/mol. The van der Waals surface area contributed by atoms with Gasteiger partial charge in [-0.1, -0.05) is 29.8 Å². The van der Waals surface area contributed by atoms with Crippen molar-refractivity contribution in [3.05, 3.63) is 34.2 Å². The molecule has 1 unspecified atom stereocenters. The molecule has 2 aliphatic rings. The summed E-state index contributed by atoms with van der Waals surface area (Å²) in [4.78, 5) is 3.99. The van der Waals surface area contributed by atoms with E-state index in [1.54, 1.807) is 0 Å². The van der Waals surface area contributed by atoms with Crippen molar-refractivity contribution in [2.24, 2.45) is 0 Å². The molecule has 1 aliphatic carbocycles. The molecule has 1 aliphatic heterocycles. The van der Waals surface area contributed by atoms with E-state index < -0.39 is 0 Å². The van der Waals surface area contributed by atoms with Gasteiger partial charge in [0, 0.05) is 40.1 Å². The van der Waals surface area contributed by atoms with E-state index in [1.807, 2.05) is 11.3 Å². The Bertz CT molecular complexity index is 629. The molecule has 1 aromatic heterocycles. The summed E-state index contributed by atoms with van der Waals surface area (Å²) in [6.45, 7) is 3.38. The van der Waals surface area contributed by atoms with E-state index in [4.69, 9.17) is 11.6 Å². The molecule has 1 atom stereocenters. The summed E-state index contributed by atoms with van der Waals surface area (Å²) in [7, 11) is 0. The quantitative estimate of drug-likeness (QED) is 0.885. The van der Waals surface area contributed by atoms with Gasteiger partial charge in [0.1, 0.15) is 0 Å². The molecule has 2 fully saturated rings. The fourth-order valence-corrected chi connectivity index (χ4v) is 4.85. The molecule has 0 radical (unpaired) electrons. The van der Waals surface area contributed by atoms with Gasteiger partial charge in [-0.05, 0) is 38.3 Å². The minimum absolute atomic E-state index is 0.679. The Balaban J connectivity index is 1.54. The van der Waals surface area contributed by atoms with Crippen LogP contribution < -0.4 is 5.32 Å². The Morgan fingerprint density at radius 1 is 1.24 bits per heavy atom. The van der Waals surface area contributed by atoms with E-state index in [-0.39, 0.29) is 0 Å². The number of hydrogen-bond acceptors (Lipinski definition) is 3. The van der Waals surface area contributed by atoms with Crippen molar-refractivity contribution < 1.29 is 0 Å². The van der Waals surface area contributed by atoms with E-state index in [1.165, 1.54) is 53.7 Å². The predicted molar refractivity (Wildman–Crippen MR) is 91.3 cm³/mol. The highest BCUT2D eigenvalue weighted by Crippen LogP contribution is 2.38. The van der Waals surface area contributed by atoms with Gasteiger partial charge in [-0.15, -0.1) is 11.3 Å². The van der Waals surface area contributed by atoms with Crippen LogP contribution in [0, 0.1) is 0 Å². The molecule has 1 aromatic carbocycles. The second kappa shape index (κ2) is 5.88. The number of hydrogen-bond donors (Lipinski definition) is 1. The Hall–Kier alpha value is -0.610. The molecule has 21 heavy (non-hydrogen) atoms. The first kappa shape index (κ1) is 14.0. The predicted octanol–water partition coefficient (Wildman–Crippen LogP) is 4.27. The van der Waals surface area contributed by atoms with Crippen molar-refractivity contribution in [2.45, 2.75) is 44.3 Å². The van der Waals surface area contributed by atoms with Crippen molar-refractivity contribution in [1.82, 2.24) is 10.2 Å². The Labute approximate surface area is 135 Å². The molecule has 1 saturated heterocycles.